The average Bonchev–Trinajstić information content (AvgIpc) is 1.99. The first-order chi connectivity index (χ1) is 5.15. The van der Waals surface area contributed by atoms with Gasteiger partial charge in [0.15, 0.2) is 0 Å². The van der Waals surface area contributed by atoms with Gasteiger partial charge < -0.3 is 4.74 Å². The fraction of sp³-hybridized carbons (Fsp3) is 0.429. The van der Waals surface area contributed by atoms with E-state index in [4.69, 9.17) is 16.3 Å². The molecule has 3 nitrogen and oxygen atoms in total. The van der Waals surface area contributed by atoms with Crippen molar-refractivity contribution in [1.82, 2.24) is 9.97 Å². The number of hydrogen-bond acceptors (Lipinski definition) is 3. The lowest BCUT2D eigenvalue weighted by Gasteiger charge is -2.02. The van der Waals surface area contributed by atoms with Gasteiger partial charge in [-0.3, -0.25) is 0 Å². The number of aromatic nitrogens is 2. The molecule has 0 aliphatic rings. The van der Waals surface area contributed by atoms with Gasteiger partial charge in [0.25, 0.3) is 0 Å². The Morgan fingerprint density at radius 1 is 1.27 bits per heavy atom. The Hall–Kier alpha value is -0.830. The largest absolute Gasteiger partial charge is 0.467 e. The highest BCUT2D eigenvalue weighted by Crippen LogP contribution is 2.17. The summed E-state index contributed by atoms with van der Waals surface area (Å²) < 4.78 is 4.82. The number of halogens is 1. The van der Waals surface area contributed by atoms with E-state index in [0.29, 0.717) is 11.2 Å². The van der Waals surface area contributed by atoms with E-state index in [0.717, 1.165) is 11.3 Å². The molecular formula is C7H9ClN2O. The van der Waals surface area contributed by atoms with E-state index in [1.807, 2.05) is 13.8 Å². The van der Waals surface area contributed by atoms with Gasteiger partial charge in [0.2, 0.25) is 0 Å². The molecule has 0 unspecified atom stereocenters. The molecule has 0 bridgehead atoms. The van der Waals surface area contributed by atoms with Crippen LogP contribution in [0.1, 0.15) is 11.3 Å². The Morgan fingerprint density at radius 3 is 2.36 bits per heavy atom. The lowest BCUT2D eigenvalue weighted by molar-refractivity contribution is 0.378. The minimum atomic E-state index is 0.318. The van der Waals surface area contributed by atoms with Gasteiger partial charge in [0.05, 0.1) is 7.11 Å². The molecule has 1 heterocycles. The van der Waals surface area contributed by atoms with Crippen molar-refractivity contribution in [2.24, 2.45) is 0 Å². The second-order valence-electron chi connectivity index (χ2n) is 2.21. The predicted octanol–water partition coefficient (Wildman–Crippen LogP) is 1.76. The number of rotatable bonds is 1. The summed E-state index contributed by atoms with van der Waals surface area (Å²) in [6, 6.07) is 0.318. The van der Waals surface area contributed by atoms with Gasteiger partial charge in [-0.2, -0.15) is 4.98 Å². The van der Waals surface area contributed by atoms with E-state index < -0.39 is 0 Å². The Kier molecular flexibility index (Phi) is 2.29. The highest BCUT2D eigenvalue weighted by Gasteiger charge is 2.04. The first-order valence-corrected chi connectivity index (χ1v) is 3.57. The standard InChI is InChI=1S/C7H9ClN2O/c1-4-5(2)9-7(11-3)10-6(4)8/h1-3H3. The van der Waals surface area contributed by atoms with E-state index in [1.165, 1.54) is 7.11 Å². The summed E-state index contributed by atoms with van der Waals surface area (Å²) in [5.74, 6) is 0. The lowest BCUT2D eigenvalue weighted by Crippen LogP contribution is -1.97. The maximum atomic E-state index is 5.77. The van der Waals surface area contributed by atoms with E-state index in [9.17, 15) is 0 Å². The molecule has 0 amide bonds. The van der Waals surface area contributed by atoms with Gasteiger partial charge in [-0.1, -0.05) is 11.6 Å². The van der Waals surface area contributed by atoms with E-state index in [-0.39, 0.29) is 0 Å². The molecule has 1 aromatic heterocycles. The van der Waals surface area contributed by atoms with E-state index in [2.05, 4.69) is 9.97 Å². The highest BCUT2D eigenvalue weighted by molar-refractivity contribution is 6.30. The molecule has 0 radical (unpaired) electrons. The summed E-state index contributed by atoms with van der Waals surface area (Å²) in [4.78, 5) is 7.92. The molecule has 1 rings (SSSR count). The summed E-state index contributed by atoms with van der Waals surface area (Å²) >= 11 is 5.77. The SMILES string of the molecule is COc1nc(C)c(C)c(Cl)n1. The summed E-state index contributed by atoms with van der Waals surface area (Å²) in [6.45, 7) is 3.74. The second-order valence-corrected chi connectivity index (χ2v) is 2.57. The van der Waals surface area contributed by atoms with Crippen LogP contribution >= 0.6 is 11.6 Å². The van der Waals surface area contributed by atoms with Crippen molar-refractivity contribution in [3.63, 3.8) is 0 Å². The first kappa shape index (κ1) is 8.27. The zero-order valence-electron chi connectivity index (χ0n) is 6.68. The molecule has 0 aliphatic carbocycles. The number of ether oxygens (including phenoxy) is 1. The van der Waals surface area contributed by atoms with Gasteiger partial charge in [-0.25, -0.2) is 4.98 Å². The molecule has 0 atom stereocenters. The summed E-state index contributed by atoms with van der Waals surface area (Å²) in [6.07, 6.45) is 0. The van der Waals surface area contributed by atoms with Gasteiger partial charge in [-0.05, 0) is 13.8 Å². The van der Waals surface area contributed by atoms with Crippen LogP contribution in [0.15, 0.2) is 0 Å². The Bertz CT molecular complexity index is 252. The molecule has 0 aliphatic heterocycles. The number of aryl methyl sites for hydroxylation is 1. The first-order valence-electron chi connectivity index (χ1n) is 3.20. The third-order valence-corrected chi connectivity index (χ3v) is 1.86. The summed E-state index contributed by atoms with van der Waals surface area (Å²) in [5.41, 5.74) is 1.74. The van der Waals surface area contributed by atoms with Gasteiger partial charge in [-0.15, -0.1) is 0 Å². The number of hydrogen-bond donors (Lipinski definition) is 0. The molecule has 0 fully saturated rings. The quantitative estimate of drug-likeness (QED) is 0.606. The van der Waals surface area contributed by atoms with Crippen LogP contribution in [0.3, 0.4) is 0 Å². The Labute approximate surface area is 70.4 Å². The number of methoxy groups -OCH3 is 1. The maximum Gasteiger partial charge on any atom is 0.317 e. The second kappa shape index (κ2) is 3.05. The molecule has 0 spiro atoms. The maximum absolute atomic E-state index is 5.77. The molecule has 60 valence electrons. The van der Waals surface area contributed by atoms with Crippen LogP contribution in [0.4, 0.5) is 0 Å². The van der Waals surface area contributed by atoms with Crippen molar-refractivity contribution in [2.45, 2.75) is 13.8 Å². The zero-order chi connectivity index (χ0) is 8.43. The molecule has 4 heteroatoms. The summed E-state index contributed by atoms with van der Waals surface area (Å²) in [5, 5.41) is 0.453. The smallest absolute Gasteiger partial charge is 0.317 e. The zero-order valence-corrected chi connectivity index (χ0v) is 7.44. The fourth-order valence-corrected chi connectivity index (χ4v) is 0.870. The van der Waals surface area contributed by atoms with Gasteiger partial charge in [0, 0.05) is 11.3 Å². The van der Waals surface area contributed by atoms with Crippen LogP contribution in [0.5, 0.6) is 6.01 Å². The third-order valence-electron chi connectivity index (χ3n) is 1.49. The third kappa shape index (κ3) is 1.60. The molecule has 1 aromatic rings. The normalized spacial score (nSPS) is 9.82. The average molecular weight is 173 g/mol. The van der Waals surface area contributed by atoms with Gasteiger partial charge in [0.1, 0.15) is 5.15 Å². The van der Waals surface area contributed by atoms with Gasteiger partial charge >= 0.3 is 6.01 Å². The van der Waals surface area contributed by atoms with Crippen LogP contribution in [-0.4, -0.2) is 17.1 Å². The predicted molar refractivity (Wildman–Crippen MR) is 43.1 cm³/mol. The van der Waals surface area contributed by atoms with Crippen molar-refractivity contribution >= 4 is 11.6 Å². The molecule has 0 saturated carbocycles. The van der Waals surface area contributed by atoms with Crippen molar-refractivity contribution in [2.75, 3.05) is 7.11 Å². The lowest BCUT2D eigenvalue weighted by atomic mass is 10.3. The van der Waals surface area contributed by atoms with Crippen molar-refractivity contribution in [3.05, 3.63) is 16.4 Å². The molecular weight excluding hydrogens is 164 g/mol. The van der Waals surface area contributed by atoms with Crippen molar-refractivity contribution in [1.29, 1.82) is 0 Å². The molecule has 0 N–H and O–H groups in total. The molecule has 0 saturated heterocycles. The molecule has 11 heavy (non-hydrogen) atoms. The minimum absolute atomic E-state index is 0.318. The van der Waals surface area contributed by atoms with E-state index in [1.54, 1.807) is 0 Å². The van der Waals surface area contributed by atoms with E-state index >= 15 is 0 Å². The molecule has 0 aromatic carbocycles. The number of nitrogens with zero attached hydrogens (tertiary/aromatic N) is 2. The van der Waals surface area contributed by atoms with Crippen LogP contribution in [0.2, 0.25) is 5.15 Å². The van der Waals surface area contributed by atoms with Crippen LogP contribution < -0.4 is 4.74 Å². The highest BCUT2D eigenvalue weighted by atomic mass is 35.5. The summed E-state index contributed by atoms with van der Waals surface area (Å²) in [7, 11) is 1.51. The van der Waals surface area contributed by atoms with Crippen molar-refractivity contribution < 1.29 is 4.74 Å². The Morgan fingerprint density at radius 2 is 1.91 bits per heavy atom. The Balaban J connectivity index is 3.21. The van der Waals surface area contributed by atoms with Crippen molar-refractivity contribution in [3.8, 4) is 6.01 Å². The fourth-order valence-electron chi connectivity index (χ4n) is 0.661. The monoisotopic (exact) mass is 172 g/mol. The topological polar surface area (TPSA) is 35.0 Å². The van der Waals surface area contributed by atoms with Crippen LogP contribution in [0.25, 0.3) is 0 Å². The minimum Gasteiger partial charge on any atom is -0.467 e. The van der Waals surface area contributed by atoms with Crippen LogP contribution in [0, 0.1) is 13.8 Å². The van der Waals surface area contributed by atoms with Crippen LogP contribution in [-0.2, 0) is 0 Å².